The molecule has 0 N–H and O–H groups in total. The summed E-state index contributed by atoms with van der Waals surface area (Å²) in [7, 11) is 0. The number of hydrogen-bond acceptors (Lipinski definition) is 6. The van der Waals surface area contributed by atoms with Gasteiger partial charge in [-0.25, -0.2) is 0 Å². The first-order chi connectivity index (χ1) is 13.6. The Morgan fingerprint density at radius 3 is 2.57 bits per heavy atom. The third kappa shape index (κ3) is 3.46. The van der Waals surface area contributed by atoms with Crippen molar-refractivity contribution in [1.29, 1.82) is 0 Å². The Morgan fingerprint density at radius 2 is 1.89 bits per heavy atom. The zero-order chi connectivity index (χ0) is 19.7. The van der Waals surface area contributed by atoms with Crippen LogP contribution >= 0.6 is 11.8 Å². The Morgan fingerprint density at radius 1 is 1.14 bits per heavy atom. The first-order valence-corrected chi connectivity index (χ1v) is 10.8. The zero-order valence-corrected chi connectivity index (χ0v) is 17.7. The molecule has 2 aliphatic rings. The molecular weight excluding hydrogens is 370 g/mol. The predicted octanol–water partition coefficient (Wildman–Crippen LogP) is 4.78. The van der Waals surface area contributed by atoms with Crippen molar-refractivity contribution in [3.8, 4) is 11.5 Å². The van der Waals surface area contributed by atoms with Crippen LogP contribution in [-0.2, 0) is 0 Å². The van der Waals surface area contributed by atoms with Crippen LogP contribution in [0.5, 0.6) is 11.5 Å². The Labute approximate surface area is 171 Å². The molecule has 1 aromatic heterocycles. The van der Waals surface area contributed by atoms with E-state index in [0.717, 1.165) is 28.9 Å². The third-order valence-corrected chi connectivity index (χ3v) is 6.23. The van der Waals surface area contributed by atoms with Crippen LogP contribution in [-0.4, -0.2) is 40.1 Å². The molecule has 1 fully saturated rings. The molecule has 28 heavy (non-hydrogen) atoms. The van der Waals surface area contributed by atoms with Crippen molar-refractivity contribution >= 4 is 16.9 Å². The van der Waals surface area contributed by atoms with Crippen molar-refractivity contribution in [3.63, 3.8) is 0 Å². The molecule has 3 heterocycles. The van der Waals surface area contributed by atoms with Crippen LogP contribution < -0.4 is 9.47 Å². The fourth-order valence-corrected chi connectivity index (χ4v) is 5.08. The Balaban J connectivity index is 1.79. The van der Waals surface area contributed by atoms with E-state index in [1.807, 2.05) is 43.9 Å². The van der Waals surface area contributed by atoms with Gasteiger partial charge in [0, 0.05) is 18.0 Å². The van der Waals surface area contributed by atoms with Gasteiger partial charge in [0.25, 0.3) is 0 Å². The highest BCUT2D eigenvalue weighted by Crippen LogP contribution is 2.49. The van der Waals surface area contributed by atoms with E-state index < -0.39 is 0 Å². The van der Waals surface area contributed by atoms with Gasteiger partial charge in [-0.1, -0.05) is 24.8 Å². The zero-order valence-electron chi connectivity index (χ0n) is 16.9. The smallest absolute Gasteiger partial charge is 0.161 e. The van der Waals surface area contributed by atoms with E-state index in [1.165, 1.54) is 11.1 Å². The summed E-state index contributed by atoms with van der Waals surface area (Å²) in [6.07, 6.45) is 1.85. The monoisotopic (exact) mass is 397 g/mol. The molecule has 0 radical (unpaired) electrons. The summed E-state index contributed by atoms with van der Waals surface area (Å²) < 4.78 is 11.7. The summed E-state index contributed by atoms with van der Waals surface area (Å²) in [5.41, 5.74) is 3.43. The second-order valence-electron chi connectivity index (χ2n) is 7.16. The topological polar surface area (TPSA) is 47.0 Å². The second kappa shape index (κ2) is 8.03. The fourth-order valence-electron chi connectivity index (χ4n) is 3.99. The van der Waals surface area contributed by atoms with E-state index in [2.05, 4.69) is 41.9 Å². The first kappa shape index (κ1) is 19.1. The number of aromatic nitrogens is 1. The van der Waals surface area contributed by atoms with E-state index in [4.69, 9.17) is 14.5 Å². The van der Waals surface area contributed by atoms with Gasteiger partial charge in [-0.3, -0.25) is 9.98 Å². The van der Waals surface area contributed by atoms with Crippen LogP contribution in [0.2, 0.25) is 0 Å². The summed E-state index contributed by atoms with van der Waals surface area (Å²) in [5.74, 6) is 1.61. The van der Waals surface area contributed by atoms with Gasteiger partial charge in [0.15, 0.2) is 16.7 Å². The lowest BCUT2D eigenvalue weighted by molar-refractivity contribution is 0.283. The minimum Gasteiger partial charge on any atom is -0.490 e. The average Bonchev–Trinajstić information content (AvgIpc) is 3.21. The van der Waals surface area contributed by atoms with E-state index in [9.17, 15) is 0 Å². The molecule has 148 valence electrons. The molecule has 0 saturated carbocycles. The quantitative estimate of drug-likeness (QED) is 0.702. The molecule has 0 spiro atoms. The molecular formula is C22H27N3O2S. The number of nitrogens with zero attached hydrogens (tertiary/aromatic N) is 3. The number of thioether (sulfide) groups is 1. The van der Waals surface area contributed by atoms with Crippen LogP contribution in [0.1, 0.15) is 49.7 Å². The fraction of sp³-hybridized carbons (Fsp3) is 0.455. The maximum atomic E-state index is 5.92. The summed E-state index contributed by atoms with van der Waals surface area (Å²) in [5, 5.41) is 1.67. The van der Waals surface area contributed by atoms with Crippen molar-refractivity contribution in [1.82, 2.24) is 9.88 Å². The highest BCUT2D eigenvalue weighted by Gasteiger charge is 2.44. The lowest BCUT2D eigenvalue weighted by atomic mass is 9.92. The van der Waals surface area contributed by atoms with Gasteiger partial charge in [0.2, 0.25) is 0 Å². The molecule has 3 unspecified atom stereocenters. The number of pyridine rings is 1. The van der Waals surface area contributed by atoms with E-state index in [1.54, 1.807) is 0 Å². The van der Waals surface area contributed by atoms with Gasteiger partial charge in [0.1, 0.15) is 6.04 Å². The normalized spacial score (nSPS) is 23.5. The third-order valence-electron chi connectivity index (χ3n) is 5.13. The Kier molecular flexibility index (Phi) is 5.49. The van der Waals surface area contributed by atoms with Crippen LogP contribution in [0, 0.1) is 6.92 Å². The maximum absolute atomic E-state index is 5.92. The van der Waals surface area contributed by atoms with Gasteiger partial charge in [-0.05, 0) is 56.2 Å². The summed E-state index contributed by atoms with van der Waals surface area (Å²) >= 11 is 1.86. The lowest BCUT2D eigenvalue weighted by Gasteiger charge is -2.29. The molecule has 0 bridgehead atoms. The molecule has 1 aromatic carbocycles. The number of ether oxygens (including phenoxy) is 2. The number of benzene rings is 1. The largest absolute Gasteiger partial charge is 0.490 e. The molecule has 6 heteroatoms. The molecule has 2 aromatic rings. The molecule has 3 atom stereocenters. The molecule has 4 rings (SSSR count). The van der Waals surface area contributed by atoms with Crippen LogP contribution in [0.3, 0.4) is 0 Å². The number of aryl methyl sites for hydroxylation is 1. The molecule has 5 nitrogen and oxygen atoms in total. The first-order valence-electron chi connectivity index (χ1n) is 9.94. The maximum Gasteiger partial charge on any atom is 0.161 e. The van der Waals surface area contributed by atoms with Gasteiger partial charge in [0.05, 0.1) is 24.9 Å². The lowest BCUT2D eigenvalue weighted by Crippen LogP contribution is -2.29. The number of aliphatic imine (C=N–C) groups is 1. The summed E-state index contributed by atoms with van der Waals surface area (Å²) in [4.78, 5) is 12.1. The highest BCUT2D eigenvalue weighted by atomic mass is 32.2. The number of rotatable bonds is 6. The number of fused-ring (bicyclic) bond motifs is 1. The Bertz CT molecular complexity index is 872. The van der Waals surface area contributed by atoms with Crippen LogP contribution in [0.4, 0.5) is 0 Å². The highest BCUT2D eigenvalue weighted by molar-refractivity contribution is 8.14. The second-order valence-corrected chi connectivity index (χ2v) is 8.56. The molecule has 1 saturated heterocycles. The number of amidine groups is 1. The van der Waals surface area contributed by atoms with E-state index >= 15 is 0 Å². The van der Waals surface area contributed by atoms with Gasteiger partial charge >= 0.3 is 0 Å². The predicted molar refractivity (Wildman–Crippen MR) is 114 cm³/mol. The number of hydrogen-bond donors (Lipinski definition) is 0. The van der Waals surface area contributed by atoms with Gasteiger partial charge in [-0.2, -0.15) is 0 Å². The van der Waals surface area contributed by atoms with Gasteiger partial charge in [-0.15, -0.1) is 0 Å². The van der Waals surface area contributed by atoms with Crippen molar-refractivity contribution in [2.45, 2.75) is 45.0 Å². The Hall–Kier alpha value is -2.21. The SMILES string of the molecule is CCOc1cc(C)c(C2C(c3ccccn3)N=C3SC(C)CN32)cc1OCC. The van der Waals surface area contributed by atoms with Crippen molar-refractivity contribution in [3.05, 3.63) is 53.3 Å². The van der Waals surface area contributed by atoms with Crippen molar-refractivity contribution < 1.29 is 9.47 Å². The van der Waals surface area contributed by atoms with E-state index in [0.29, 0.717) is 18.5 Å². The summed E-state index contributed by atoms with van der Waals surface area (Å²) in [6.45, 7) is 10.6. The average molecular weight is 398 g/mol. The molecule has 2 aliphatic heterocycles. The minimum absolute atomic E-state index is 0.0117. The van der Waals surface area contributed by atoms with E-state index in [-0.39, 0.29) is 12.1 Å². The van der Waals surface area contributed by atoms with Crippen molar-refractivity contribution in [2.24, 2.45) is 4.99 Å². The minimum atomic E-state index is -0.0117. The standard InChI is InChI=1S/C22H27N3O2S/c1-5-26-18-11-14(3)16(12-19(18)27-6-2)21-20(17-9-7-8-10-23-17)24-22-25(21)13-15(4)28-22/h7-12,15,20-21H,5-6,13H2,1-4H3. The van der Waals surface area contributed by atoms with Crippen LogP contribution in [0.15, 0.2) is 41.5 Å². The van der Waals surface area contributed by atoms with Gasteiger partial charge < -0.3 is 14.4 Å². The van der Waals surface area contributed by atoms with Crippen molar-refractivity contribution in [2.75, 3.05) is 19.8 Å². The molecule has 0 aliphatic carbocycles. The molecule has 0 amide bonds. The van der Waals surface area contributed by atoms with Crippen LogP contribution in [0.25, 0.3) is 0 Å². The summed E-state index contributed by atoms with van der Waals surface area (Å²) in [6, 6.07) is 10.4.